The maximum atomic E-state index is 12.1. The van der Waals surface area contributed by atoms with Gasteiger partial charge in [0.2, 0.25) is 0 Å². The Kier molecular flexibility index (Phi) is 5.53. The van der Waals surface area contributed by atoms with Gasteiger partial charge in [-0.3, -0.25) is 0 Å². The summed E-state index contributed by atoms with van der Waals surface area (Å²) in [6.45, 7) is 1.46. The summed E-state index contributed by atoms with van der Waals surface area (Å²) >= 11 is 0. The van der Waals surface area contributed by atoms with E-state index < -0.39 is 6.61 Å². The molecule has 1 rings (SSSR count). The Hall–Kier alpha value is -1.67. The summed E-state index contributed by atoms with van der Waals surface area (Å²) in [4.78, 5) is 0. The lowest BCUT2D eigenvalue weighted by atomic mass is 10.1. The van der Waals surface area contributed by atoms with E-state index in [1.807, 2.05) is 19.9 Å². The van der Waals surface area contributed by atoms with Crippen LogP contribution in [0, 0.1) is 17.2 Å². The molecule has 18 heavy (non-hydrogen) atoms. The summed E-state index contributed by atoms with van der Waals surface area (Å²) in [5.74, 6) is 0.0532. The van der Waals surface area contributed by atoms with Gasteiger partial charge in [0.15, 0.2) is 0 Å². The van der Waals surface area contributed by atoms with Crippen LogP contribution in [-0.4, -0.2) is 13.2 Å². The van der Waals surface area contributed by atoms with E-state index in [4.69, 9.17) is 5.26 Å². The van der Waals surface area contributed by atoms with Crippen LogP contribution in [0.25, 0.3) is 0 Å². The molecule has 1 aromatic carbocycles. The smallest absolute Gasteiger partial charge is 0.387 e. The van der Waals surface area contributed by atoms with E-state index in [0.29, 0.717) is 6.54 Å². The van der Waals surface area contributed by atoms with Crippen molar-refractivity contribution in [1.29, 1.82) is 5.26 Å². The number of nitriles is 1. The van der Waals surface area contributed by atoms with Crippen LogP contribution in [0.4, 0.5) is 8.78 Å². The molecule has 1 N–H and O–H groups in total. The fraction of sp³-hybridized carbons (Fsp3) is 0.462. The third kappa shape index (κ3) is 4.68. The van der Waals surface area contributed by atoms with E-state index in [-0.39, 0.29) is 17.7 Å². The fourth-order valence-electron chi connectivity index (χ4n) is 1.48. The molecule has 0 saturated heterocycles. The summed E-state index contributed by atoms with van der Waals surface area (Å²) in [5.41, 5.74) is 0.846. The van der Waals surface area contributed by atoms with Crippen LogP contribution < -0.4 is 10.1 Å². The van der Waals surface area contributed by atoms with E-state index in [1.54, 1.807) is 12.1 Å². The van der Waals surface area contributed by atoms with Crippen molar-refractivity contribution < 1.29 is 13.5 Å². The van der Waals surface area contributed by atoms with Gasteiger partial charge in [-0.2, -0.15) is 14.0 Å². The SMILES string of the molecule is CC(C#N)CNC(C)c1cccc(OC(F)F)c1. The predicted molar refractivity (Wildman–Crippen MR) is 64.3 cm³/mol. The van der Waals surface area contributed by atoms with Crippen molar-refractivity contribution in [3.63, 3.8) is 0 Å². The Morgan fingerprint density at radius 2 is 2.11 bits per heavy atom. The molecule has 5 heteroatoms. The van der Waals surface area contributed by atoms with Gasteiger partial charge in [-0.1, -0.05) is 12.1 Å². The molecule has 0 bridgehead atoms. The molecule has 0 saturated carbocycles. The molecule has 0 radical (unpaired) electrons. The second-order valence-corrected chi connectivity index (χ2v) is 4.11. The normalized spacial score (nSPS) is 14.0. The number of benzene rings is 1. The lowest BCUT2D eigenvalue weighted by Crippen LogP contribution is -2.23. The Morgan fingerprint density at radius 1 is 1.39 bits per heavy atom. The largest absolute Gasteiger partial charge is 0.435 e. The van der Waals surface area contributed by atoms with Gasteiger partial charge in [-0.25, -0.2) is 0 Å². The molecule has 0 aliphatic rings. The van der Waals surface area contributed by atoms with Gasteiger partial charge in [-0.05, 0) is 31.5 Å². The van der Waals surface area contributed by atoms with Gasteiger partial charge < -0.3 is 10.1 Å². The van der Waals surface area contributed by atoms with Gasteiger partial charge >= 0.3 is 6.61 Å². The van der Waals surface area contributed by atoms with Crippen LogP contribution in [0.5, 0.6) is 5.75 Å². The summed E-state index contributed by atoms with van der Waals surface area (Å²) in [6.07, 6.45) is 0. The maximum Gasteiger partial charge on any atom is 0.387 e. The van der Waals surface area contributed by atoms with Crippen LogP contribution in [0.3, 0.4) is 0 Å². The van der Waals surface area contributed by atoms with Crippen molar-refractivity contribution in [1.82, 2.24) is 5.32 Å². The minimum Gasteiger partial charge on any atom is -0.435 e. The van der Waals surface area contributed by atoms with Gasteiger partial charge in [0, 0.05) is 12.6 Å². The summed E-state index contributed by atoms with van der Waals surface area (Å²) < 4.78 is 28.5. The second-order valence-electron chi connectivity index (χ2n) is 4.11. The second kappa shape index (κ2) is 6.92. The van der Waals surface area contributed by atoms with Crippen molar-refractivity contribution in [2.24, 2.45) is 5.92 Å². The number of hydrogen-bond acceptors (Lipinski definition) is 3. The van der Waals surface area contributed by atoms with Crippen molar-refractivity contribution in [2.75, 3.05) is 6.54 Å². The third-order valence-electron chi connectivity index (χ3n) is 2.53. The molecule has 0 amide bonds. The first-order valence-corrected chi connectivity index (χ1v) is 5.70. The topological polar surface area (TPSA) is 45.0 Å². The van der Waals surface area contributed by atoms with E-state index in [1.165, 1.54) is 6.07 Å². The van der Waals surface area contributed by atoms with Gasteiger partial charge in [-0.15, -0.1) is 0 Å². The lowest BCUT2D eigenvalue weighted by Gasteiger charge is -2.16. The summed E-state index contributed by atoms with van der Waals surface area (Å²) in [5, 5.41) is 11.8. The average Bonchev–Trinajstić information content (AvgIpc) is 2.35. The molecule has 0 fully saturated rings. The quantitative estimate of drug-likeness (QED) is 0.848. The number of halogens is 2. The highest BCUT2D eigenvalue weighted by Crippen LogP contribution is 2.20. The Morgan fingerprint density at radius 3 is 2.72 bits per heavy atom. The number of ether oxygens (including phenoxy) is 1. The molecule has 0 aliphatic carbocycles. The zero-order chi connectivity index (χ0) is 13.5. The van der Waals surface area contributed by atoms with Crippen LogP contribution in [-0.2, 0) is 0 Å². The van der Waals surface area contributed by atoms with Crippen molar-refractivity contribution in [3.05, 3.63) is 29.8 Å². The lowest BCUT2D eigenvalue weighted by molar-refractivity contribution is -0.0499. The molecule has 0 aromatic heterocycles. The van der Waals surface area contributed by atoms with Crippen molar-refractivity contribution in [3.8, 4) is 11.8 Å². The number of nitrogens with zero attached hydrogens (tertiary/aromatic N) is 1. The van der Waals surface area contributed by atoms with E-state index >= 15 is 0 Å². The minimum absolute atomic E-state index is 0.0259. The first kappa shape index (κ1) is 14.4. The Labute approximate surface area is 105 Å². The fourth-order valence-corrected chi connectivity index (χ4v) is 1.48. The molecular formula is C13H16F2N2O. The van der Waals surface area contributed by atoms with Crippen molar-refractivity contribution >= 4 is 0 Å². The highest BCUT2D eigenvalue weighted by atomic mass is 19.3. The predicted octanol–water partition coefficient (Wildman–Crippen LogP) is 3.10. The van der Waals surface area contributed by atoms with Crippen LogP contribution in [0.1, 0.15) is 25.5 Å². The van der Waals surface area contributed by atoms with E-state index in [0.717, 1.165) is 5.56 Å². The van der Waals surface area contributed by atoms with Gasteiger partial charge in [0.1, 0.15) is 5.75 Å². The number of rotatable bonds is 6. The number of alkyl halides is 2. The standard InChI is InChI=1S/C13H16F2N2O/c1-9(7-16)8-17-10(2)11-4-3-5-12(6-11)18-13(14)15/h3-6,9-10,13,17H,8H2,1-2H3. The highest BCUT2D eigenvalue weighted by molar-refractivity contribution is 5.30. The van der Waals surface area contributed by atoms with Crippen LogP contribution in [0.2, 0.25) is 0 Å². The molecule has 0 heterocycles. The highest BCUT2D eigenvalue weighted by Gasteiger charge is 2.09. The first-order valence-electron chi connectivity index (χ1n) is 5.70. The van der Waals surface area contributed by atoms with Crippen LogP contribution in [0.15, 0.2) is 24.3 Å². The molecule has 0 aliphatic heterocycles. The average molecular weight is 254 g/mol. The van der Waals surface area contributed by atoms with Crippen LogP contribution >= 0.6 is 0 Å². The Balaban J connectivity index is 2.62. The van der Waals surface area contributed by atoms with Crippen molar-refractivity contribution in [2.45, 2.75) is 26.5 Å². The molecule has 3 nitrogen and oxygen atoms in total. The molecule has 1 aromatic rings. The molecule has 2 atom stereocenters. The zero-order valence-electron chi connectivity index (χ0n) is 10.4. The molecule has 98 valence electrons. The molecule has 2 unspecified atom stereocenters. The minimum atomic E-state index is -2.82. The van der Waals surface area contributed by atoms with E-state index in [2.05, 4.69) is 16.1 Å². The zero-order valence-corrected chi connectivity index (χ0v) is 10.4. The van der Waals surface area contributed by atoms with Gasteiger partial charge in [0.05, 0.1) is 12.0 Å². The number of nitrogens with one attached hydrogen (secondary N) is 1. The Bertz CT molecular complexity index is 418. The number of hydrogen-bond donors (Lipinski definition) is 1. The molecular weight excluding hydrogens is 238 g/mol. The summed E-state index contributed by atoms with van der Waals surface area (Å²) in [6, 6.07) is 8.65. The maximum absolute atomic E-state index is 12.1. The van der Waals surface area contributed by atoms with E-state index in [9.17, 15) is 8.78 Å². The third-order valence-corrected chi connectivity index (χ3v) is 2.53. The first-order chi connectivity index (χ1) is 8.52. The summed E-state index contributed by atoms with van der Waals surface area (Å²) in [7, 11) is 0. The van der Waals surface area contributed by atoms with Gasteiger partial charge in [0.25, 0.3) is 0 Å². The monoisotopic (exact) mass is 254 g/mol. The molecule has 0 spiro atoms.